The number of carboxylic acids is 1. The second-order valence-corrected chi connectivity index (χ2v) is 8.43. The number of nitrogens with zero attached hydrogens (tertiary/aromatic N) is 1. The van der Waals surface area contributed by atoms with Gasteiger partial charge in [0.25, 0.3) is 0 Å². The van der Waals surface area contributed by atoms with Crippen LogP contribution in [0, 0.1) is 5.92 Å². The first-order valence-corrected chi connectivity index (χ1v) is 11.0. The van der Waals surface area contributed by atoms with Crippen LogP contribution in [0.3, 0.4) is 0 Å². The Labute approximate surface area is 166 Å². The van der Waals surface area contributed by atoms with E-state index in [-0.39, 0.29) is 6.61 Å². The SMILES string of the molecule is CC(C)CCCCCC(=O)O.CCOS(=O)(=O)O.CC[N+](C)(C)CCCN. The van der Waals surface area contributed by atoms with Crippen molar-refractivity contribution < 1.29 is 31.5 Å². The van der Waals surface area contributed by atoms with Gasteiger partial charge in [0.05, 0.1) is 33.8 Å². The van der Waals surface area contributed by atoms with Crippen molar-refractivity contribution in [1.29, 1.82) is 0 Å². The van der Waals surface area contributed by atoms with Gasteiger partial charge < -0.3 is 15.3 Å². The van der Waals surface area contributed by atoms with Crippen LogP contribution in [0.2, 0.25) is 0 Å². The van der Waals surface area contributed by atoms with Gasteiger partial charge in [-0.2, -0.15) is 8.42 Å². The van der Waals surface area contributed by atoms with E-state index < -0.39 is 16.4 Å². The van der Waals surface area contributed by atoms with Gasteiger partial charge in [0.2, 0.25) is 0 Å². The van der Waals surface area contributed by atoms with Crippen molar-refractivity contribution >= 4 is 16.4 Å². The van der Waals surface area contributed by atoms with Gasteiger partial charge in [0, 0.05) is 12.8 Å². The van der Waals surface area contributed by atoms with Crippen molar-refractivity contribution in [2.24, 2.45) is 11.7 Å². The van der Waals surface area contributed by atoms with Gasteiger partial charge in [-0.3, -0.25) is 9.35 Å². The second kappa shape index (κ2) is 18.6. The molecule has 0 aliphatic rings. The van der Waals surface area contributed by atoms with E-state index in [0.29, 0.717) is 6.42 Å². The fourth-order valence-electron chi connectivity index (χ4n) is 1.83. The summed E-state index contributed by atoms with van der Waals surface area (Å²) in [6.45, 7) is 11.2. The van der Waals surface area contributed by atoms with Gasteiger partial charge in [-0.05, 0) is 32.7 Å². The summed E-state index contributed by atoms with van der Waals surface area (Å²) in [6, 6.07) is 0. The zero-order chi connectivity index (χ0) is 21.9. The molecule has 4 N–H and O–H groups in total. The van der Waals surface area contributed by atoms with Crippen LogP contribution in [0.25, 0.3) is 0 Å². The molecule has 0 amide bonds. The standard InChI is InChI=1S/C9H18O2.C7H19N2.C2H6O4S/c1-8(2)6-4-3-5-7-9(10)11;1-4-9(2,3)7-5-6-8;1-2-6-7(3,4)5/h8H,3-7H2,1-2H3,(H,10,11);4-8H2,1-3H3;2H2,1H3,(H,3,4,5)/q;+1;. The van der Waals surface area contributed by atoms with Gasteiger partial charge >= 0.3 is 16.4 Å². The minimum absolute atomic E-state index is 0.0289. The smallest absolute Gasteiger partial charge is 0.397 e. The molecule has 0 aromatic rings. The molecule has 0 spiro atoms. The molecule has 0 rings (SSSR count). The maximum Gasteiger partial charge on any atom is 0.397 e. The van der Waals surface area contributed by atoms with Crippen LogP contribution in [0.4, 0.5) is 0 Å². The highest BCUT2D eigenvalue weighted by Gasteiger charge is 2.08. The molecular formula is C18H43N2O6S+. The van der Waals surface area contributed by atoms with E-state index >= 15 is 0 Å². The fourth-order valence-corrected chi connectivity index (χ4v) is 2.13. The van der Waals surface area contributed by atoms with Crippen molar-refractivity contribution in [3.63, 3.8) is 0 Å². The quantitative estimate of drug-likeness (QED) is 0.254. The first kappa shape index (κ1) is 31.0. The Morgan fingerprint density at radius 2 is 1.67 bits per heavy atom. The summed E-state index contributed by atoms with van der Waals surface area (Å²) in [4.78, 5) is 10.1. The number of rotatable bonds is 12. The minimum Gasteiger partial charge on any atom is -0.481 e. The van der Waals surface area contributed by atoms with E-state index in [1.54, 1.807) is 0 Å². The Balaban J connectivity index is -0.000000329. The maximum absolute atomic E-state index is 10.1. The monoisotopic (exact) mass is 415 g/mol. The molecule has 27 heavy (non-hydrogen) atoms. The number of quaternary nitrogens is 1. The molecule has 0 heterocycles. The van der Waals surface area contributed by atoms with Gasteiger partial charge in [-0.15, -0.1) is 0 Å². The lowest BCUT2D eigenvalue weighted by molar-refractivity contribution is -0.888. The lowest BCUT2D eigenvalue weighted by Crippen LogP contribution is -2.40. The van der Waals surface area contributed by atoms with Crippen molar-refractivity contribution in [3.8, 4) is 0 Å². The van der Waals surface area contributed by atoms with Gasteiger partial charge in [-0.25, -0.2) is 4.18 Å². The molecule has 0 fully saturated rings. The average molecular weight is 416 g/mol. The molecule has 0 aromatic carbocycles. The molecule has 0 radical (unpaired) electrons. The maximum atomic E-state index is 10.1. The van der Waals surface area contributed by atoms with Crippen LogP contribution in [-0.2, 0) is 19.4 Å². The molecule has 0 atom stereocenters. The number of carbonyl (C=O) groups is 1. The molecule has 0 bridgehead atoms. The number of hydrogen-bond donors (Lipinski definition) is 3. The van der Waals surface area contributed by atoms with Crippen molar-refractivity contribution in [3.05, 3.63) is 0 Å². The van der Waals surface area contributed by atoms with Crippen LogP contribution >= 0.6 is 0 Å². The Morgan fingerprint density at radius 1 is 1.11 bits per heavy atom. The zero-order valence-electron chi connectivity index (χ0n) is 18.1. The summed E-state index contributed by atoms with van der Waals surface area (Å²) in [7, 11) is 0.289. The predicted molar refractivity (Wildman–Crippen MR) is 110 cm³/mol. The summed E-state index contributed by atoms with van der Waals surface area (Å²) in [5.74, 6) is 0.0781. The summed E-state index contributed by atoms with van der Waals surface area (Å²) >= 11 is 0. The Bertz CT molecular complexity index is 439. The van der Waals surface area contributed by atoms with Crippen LogP contribution in [0.5, 0.6) is 0 Å². The lowest BCUT2D eigenvalue weighted by atomic mass is 10.0. The molecule has 0 saturated heterocycles. The third kappa shape index (κ3) is 36.8. The number of unbranched alkanes of at least 4 members (excludes halogenated alkanes) is 2. The van der Waals surface area contributed by atoms with Crippen molar-refractivity contribution in [2.75, 3.05) is 40.3 Å². The van der Waals surface area contributed by atoms with E-state index in [1.807, 2.05) is 0 Å². The first-order valence-electron chi connectivity index (χ1n) is 9.66. The van der Waals surface area contributed by atoms with E-state index in [2.05, 4.69) is 39.0 Å². The van der Waals surface area contributed by atoms with Crippen LogP contribution in [0.1, 0.15) is 66.2 Å². The van der Waals surface area contributed by atoms with E-state index in [4.69, 9.17) is 15.4 Å². The van der Waals surface area contributed by atoms with Crippen LogP contribution < -0.4 is 5.73 Å². The topological polar surface area (TPSA) is 127 Å². The number of carboxylic acid groups (broad SMARTS) is 1. The highest BCUT2D eigenvalue weighted by Crippen LogP contribution is 2.09. The molecule has 9 heteroatoms. The predicted octanol–water partition coefficient (Wildman–Crippen LogP) is 2.93. The van der Waals surface area contributed by atoms with Crippen molar-refractivity contribution in [2.45, 2.75) is 66.2 Å². The highest BCUT2D eigenvalue weighted by molar-refractivity contribution is 7.80. The number of hydrogen-bond acceptors (Lipinski definition) is 5. The Morgan fingerprint density at radius 3 is 1.96 bits per heavy atom. The molecule has 0 unspecified atom stereocenters. The molecule has 0 aliphatic heterocycles. The summed E-state index contributed by atoms with van der Waals surface area (Å²) in [5.41, 5.74) is 5.38. The molecule has 0 saturated carbocycles. The summed E-state index contributed by atoms with van der Waals surface area (Å²) in [6.07, 6.45) is 5.76. The lowest BCUT2D eigenvalue weighted by Gasteiger charge is -2.27. The third-order valence-electron chi connectivity index (χ3n) is 3.76. The van der Waals surface area contributed by atoms with Crippen LogP contribution in [0.15, 0.2) is 0 Å². The fraction of sp³-hybridized carbons (Fsp3) is 0.944. The second-order valence-electron chi connectivity index (χ2n) is 7.34. The van der Waals surface area contributed by atoms with Gasteiger partial charge in [-0.1, -0.05) is 33.1 Å². The van der Waals surface area contributed by atoms with Crippen molar-refractivity contribution in [1.82, 2.24) is 0 Å². The molecule has 0 aliphatic carbocycles. The number of aliphatic carboxylic acids is 1. The largest absolute Gasteiger partial charge is 0.481 e. The first-order chi connectivity index (χ1) is 12.3. The van der Waals surface area contributed by atoms with E-state index in [1.165, 1.54) is 32.9 Å². The zero-order valence-corrected chi connectivity index (χ0v) is 18.9. The number of nitrogens with two attached hydrogens (primary N) is 1. The van der Waals surface area contributed by atoms with E-state index in [0.717, 1.165) is 36.2 Å². The van der Waals surface area contributed by atoms with Gasteiger partial charge in [0.15, 0.2) is 0 Å². The van der Waals surface area contributed by atoms with Crippen LogP contribution in [-0.4, -0.2) is 68.9 Å². The van der Waals surface area contributed by atoms with E-state index in [9.17, 15) is 13.2 Å². The Kier molecular flexibility index (Phi) is 21.4. The molecular weight excluding hydrogens is 372 g/mol. The third-order valence-corrected chi connectivity index (χ3v) is 4.30. The normalized spacial score (nSPS) is 11.3. The average Bonchev–Trinajstić information content (AvgIpc) is 2.52. The Hall–Kier alpha value is -0.740. The minimum atomic E-state index is -4.17. The summed E-state index contributed by atoms with van der Waals surface area (Å²) in [5, 5.41) is 8.32. The molecule has 166 valence electrons. The molecule has 8 nitrogen and oxygen atoms in total. The molecule has 0 aromatic heterocycles. The highest BCUT2D eigenvalue weighted by atomic mass is 32.3. The summed E-state index contributed by atoms with van der Waals surface area (Å²) < 4.78 is 31.7. The van der Waals surface area contributed by atoms with Gasteiger partial charge in [0.1, 0.15) is 0 Å².